The van der Waals surface area contributed by atoms with Crippen LogP contribution in [0.15, 0.2) is 56.5 Å². The van der Waals surface area contributed by atoms with Crippen LogP contribution in [-0.2, 0) is 5.75 Å². The summed E-state index contributed by atoms with van der Waals surface area (Å²) < 4.78 is 11.9. The zero-order valence-corrected chi connectivity index (χ0v) is 15.6. The molecule has 126 valence electrons. The Kier molecular flexibility index (Phi) is 4.46. The van der Waals surface area contributed by atoms with Crippen LogP contribution in [0.5, 0.6) is 5.75 Å². The molecule has 0 radical (unpaired) electrons. The van der Waals surface area contributed by atoms with E-state index in [4.69, 9.17) is 9.15 Å². The molecule has 0 bridgehead atoms. The average molecular weight is 417 g/mol. The van der Waals surface area contributed by atoms with Crippen molar-refractivity contribution in [3.8, 4) is 17.2 Å². The Balaban J connectivity index is 1.49. The van der Waals surface area contributed by atoms with E-state index in [1.54, 1.807) is 7.11 Å². The lowest BCUT2D eigenvalue weighted by Gasteiger charge is -1.97. The lowest BCUT2D eigenvalue weighted by atomic mass is 10.2. The SMILES string of the molecule is COc1ccc2nc(SCc3nnc(-c4ccccc4Br)o3)[nH]c2c1. The maximum absolute atomic E-state index is 5.75. The Bertz CT molecular complexity index is 1030. The van der Waals surface area contributed by atoms with Crippen LogP contribution in [0.4, 0.5) is 0 Å². The Morgan fingerprint density at radius 1 is 1.20 bits per heavy atom. The van der Waals surface area contributed by atoms with Crippen molar-refractivity contribution in [2.75, 3.05) is 7.11 Å². The topological polar surface area (TPSA) is 76.8 Å². The summed E-state index contributed by atoms with van der Waals surface area (Å²) in [6, 6.07) is 13.5. The number of methoxy groups -OCH3 is 1. The van der Waals surface area contributed by atoms with Gasteiger partial charge in [-0.2, -0.15) is 0 Å². The molecular weight excluding hydrogens is 404 g/mol. The monoisotopic (exact) mass is 416 g/mol. The van der Waals surface area contributed by atoms with Gasteiger partial charge in [0.1, 0.15) is 5.75 Å². The fourth-order valence-corrected chi connectivity index (χ4v) is 3.52. The number of nitrogens with one attached hydrogen (secondary N) is 1. The molecule has 0 saturated heterocycles. The number of benzene rings is 2. The van der Waals surface area contributed by atoms with Crippen molar-refractivity contribution >= 4 is 38.7 Å². The molecule has 0 saturated carbocycles. The minimum absolute atomic E-state index is 0.498. The Labute approximate surface area is 156 Å². The minimum atomic E-state index is 0.498. The average Bonchev–Trinajstić information content (AvgIpc) is 3.26. The molecule has 0 spiro atoms. The fourth-order valence-electron chi connectivity index (χ4n) is 2.35. The Morgan fingerprint density at radius 2 is 2.08 bits per heavy atom. The van der Waals surface area contributed by atoms with E-state index in [0.29, 0.717) is 17.5 Å². The van der Waals surface area contributed by atoms with E-state index in [1.165, 1.54) is 11.8 Å². The van der Waals surface area contributed by atoms with Gasteiger partial charge in [0.2, 0.25) is 11.8 Å². The van der Waals surface area contributed by atoms with E-state index in [1.807, 2.05) is 42.5 Å². The number of fused-ring (bicyclic) bond motifs is 1. The molecule has 0 atom stereocenters. The maximum atomic E-state index is 5.75. The quantitative estimate of drug-likeness (QED) is 0.476. The first-order chi connectivity index (χ1) is 12.2. The van der Waals surface area contributed by atoms with Gasteiger partial charge in [-0.1, -0.05) is 23.9 Å². The van der Waals surface area contributed by atoms with Gasteiger partial charge in [0.25, 0.3) is 0 Å². The number of hydrogen-bond donors (Lipinski definition) is 1. The summed E-state index contributed by atoms with van der Waals surface area (Å²) in [5.41, 5.74) is 2.70. The minimum Gasteiger partial charge on any atom is -0.497 e. The van der Waals surface area contributed by atoms with E-state index in [-0.39, 0.29) is 0 Å². The molecule has 0 aliphatic rings. The molecule has 2 aromatic heterocycles. The summed E-state index contributed by atoms with van der Waals surface area (Å²) in [5, 5.41) is 9.02. The van der Waals surface area contributed by atoms with E-state index in [0.717, 1.165) is 32.0 Å². The first-order valence-electron chi connectivity index (χ1n) is 7.47. The second-order valence-electron chi connectivity index (χ2n) is 5.19. The van der Waals surface area contributed by atoms with Gasteiger partial charge in [-0.05, 0) is 40.2 Å². The van der Waals surface area contributed by atoms with Crippen molar-refractivity contribution in [3.63, 3.8) is 0 Å². The molecule has 0 aliphatic heterocycles. The van der Waals surface area contributed by atoms with E-state index < -0.39 is 0 Å². The molecule has 2 heterocycles. The van der Waals surface area contributed by atoms with E-state index >= 15 is 0 Å². The predicted molar refractivity (Wildman–Crippen MR) is 99.6 cm³/mol. The third kappa shape index (κ3) is 3.40. The predicted octanol–water partition coefficient (Wildman–Crippen LogP) is 4.68. The highest BCUT2D eigenvalue weighted by Gasteiger charge is 2.12. The molecule has 1 N–H and O–H groups in total. The number of aromatic nitrogens is 4. The number of aromatic amines is 1. The molecule has 6 nitrogen and oxygen atoms in total. The van der Waals surface area contributed by atoms with Crippen molar-refractivity contribution in [1.29, 1.82) is 0 Å². The molecule has 0 fully saturated rings. The number of hydrogen-bond acceptors (Lipinski definition) is 6. The number of nitrogens with zero attached hydrogens (tertiary/aromatic N) is 3. The van der Waals surface area contributed by atoms with Gasteiger partial charge in [-0.25, -0.2) is 4.98 Å². The smallest absolute Gasteiger partial charge is 0.248 e. The standard InChI is InChI=1S/C17H13BrN4O2S/c1-23-10-6-7-13-14(8-10)20-17(19-13)25-9-15-21-22-16(24-15)11-4-2-3-5-12(11)18/h2-8H,9H2,1H3,(H,19,20). The van der Waals surface area contributed by atoms with Crippen LogP contribution in [-0.4, -0.2) is 27.3 Å². The lowest BCUT2D eigenvalue weighted by Crippen LogP contribution is -1.81. The largest absolute Gasteiger partial charge is 0.497 e. The number of rotatable bonds is 5. The number of H-pyrrole nitrogens is 1. The third-order valence-corrected chi connectivity index (χ3v) is 5.12. The normalized spacial score (nSPS) is 11.1. The summed E-state index contributed by atoms with van der Waals surface area (Å²) >= 11 is 5.00. The molecule has 0 amide bonds. The van der Waals surface area contributed by atoms with Gasteiger partial charge in [0.05, 0.1) is 29.5 Å². The summed E-state index contributed by atoms with van der Waals surface area (Å²) in [6.45, 7) is 0. The van der Waals surface area contributed by atoms with Crippen LogP contribution in [0, 0.1) is 0 Å². The van der Waals surface area contributed by atoms with Crippen LogP contribution in [0.25, 0.3) is 22.5 Å². The second-order valence-corrected chi connectivity index (χ2v) is 7.01. The number of halogens is 1. The van der Waals surface area contributed by atoms with Crippen molar-refractivity contribution < 1.29 is 9.15 Å². The van der Waals surface area contributed by atoms with Crippen molar-refractivity contribution in [2.45, 2.75) is 10.9 Å². The number of thioether (sulfide) groups is 1. The van der Waals surface area contributed by atoms with Gasteiger partial charge in [-0.15, -0.1) is 10.2 Å². The van der Waals surface area contributed by atoms with Crippen LogP contribution in [0.3, 0.4) is 0 Å². The van der Waals surface area contributed by atoms with Crippen LogP contribution < -0.4 is 4.74 Å². The molecule has 2 aromatic carbocycles. The molecule has 0 unspecified atom stereocenters. The van der Waals surface area contributed by atoms with Crippen molar-refractivity contribution in [1.82, 2.24) is 20.2 Å². The highest BCUT2D eigenvalue weighted by Crippen LogP contribution is 2.29. The molecule has 8 heteroatoms. The van der Waals surface area contributed by atoms with Crippen LogP contribution >= 0.6 is 27.7 Å². The lowest BCUT2D eigenvalue weighted by molar-refractivity contribution is 0.415. The summed E-state index contributed by atoms with van der Waals surface area (Å²) in [6.07, 6.45) is 0. The van der Waals surface area contributed by atoms with E-state index in [9.17, 15) is 0 Å². The highest BCUT2D eigenvalue weighted by molar-refractivity contribution is 9.10. The summed E-state index contributed by atoms with van der Waals surface area (Å²) in [7, 11) is 1.64. The van der Waals surface area contributed by atoms with Crippen LogP contribution in [0.1, 0.15) is 5.89 Å². The number of ether oxygens (including phenoxy) is 1. The maximum Gasteiger partial charge on any atom is 0.248 e. The van der Waals surface area contributed by atoms with Gasteiger partial charge < -0.3 is 14.1 Å². The van der Waals surface area contributed by atoms with Crippen molar-refractivity contribution in [3.05, 3.63) is 52.8 Å². The molecule has 0 aliphatic carbocycles. The molecule has 4 rings (SSSR count). The number of imidazole rings is 1. The Morgan fingerprint density at radius 3 is 2.92 bits per heavy atom. The van der Waals surface area contributed by atoms with Gasteiger partial charge in [0, 0.05) is 10.5 Å². The van der Waals surface area contributed by atoms with E-state index in [2.05, 4.69) is 36.1 Å². The molecule has 4 aromatic rings. The van der Waals surface area contributed by atoms with Gasteiger partial charge >= 0.3 is 0 Å². The van der Waals surface area contributed by atoms with Gasteiger partial charge in [0.15, 0.2) is 5.16 Å². The fraction of sp³-hybridized carbons (Fsp3) is 0.118. The first-order valence-corrected chi connectivity index (χ1v) is 9.24. The first kappa shape index (κ1) is 16.2. The van der Waals surface area contributed by atoms with Gasteiger partial charge in [-0.3, -0.25) is 0 Å². The Hall–Kier alpha value is -2.32. The second kappa shape index (κ2) is 6.89. The molecular formula is C17H13BrN4O2S. The zero-order valence-electron chi connectivity index (χ0n) is 13.2. The summed E-state index contributed by atoms with van der Waals surface area (Å²) in [4.78, 5) is 7.80. The summed E-state index contributed by atoms with van der Waals surface area (Å²) in [5.74, 6) is 2.38. The molecule has 25 heavy (non-hydrogen) atoms. The highest BCUT2D eigenvalue weighted by atomic mass is 79.9. The van der Waals surface area contributed by atoms with Crippen LogP contribution in [0.2, 0.25) is 0 Å². The zero-order chi connectivity index (χ0) is 17.2. The van der Waals surface area contributed by atoms with Crippen molar-refractivity contribution in [2.24, 2.45) is 0 Å². The third-order valence-electron chi connectivity index (χ3n) is 3.57.